The highest BCUT2D eigenvalue weighted by Gasteiger charge is 1.95. The summed E-state index contributed by atoms with van der Waals surface area (Å²) < 4.78 is 5.80. The first-order valence-corrected chi connectivity index (χ1v) is 3.00. The Morgan fingerprint density at radius 3 is 2.70 bits per heavy atom. The Morgan fingerprint density at radius 1 is 1.60 bits per heavy atom. The van der Waals surface area contributed by atoms with Crippen LogP contribution in [0.1, 0.15) is 11.5 Å². The van der Waals surface area contributed by atoms with Gasteiger partial charge in [-0.1, -0.05) is 0 Å². The Balaban J connectivity index is 2.86. The molecule has 0 aliphatic rings. The van der Waals surface area contributed by atoms with Crippen LogP contribution in [0.2, 0.25) is 0 Å². The van der Waals surface area contributed by atoms with Crippen LogP contribution in [-0.2, 0) is 0 Å². The van der Waals surface area contributed by atoms with Crippen molar-refractivity contribution >= 4 is 6.21 Å². The minimum atomic E-state index is 0.593. The van der Waals surface area contributed by atoms with E-state index in [2.05, 4.69) is 0 Å². The summed E-state index contributed by atoms with van der Waals surface area (Å²) in [6.45, 7) is 1.84. The summed E-state index contributed by atoms with van der Waals surface area (Å²) in [5.74, 6) is 1.41. The number of aryl methyl sites for hydroxylation is 1. The van der Waals surface area contributed by atoms with E-state index in [1.54, 1.807) is 6.07 Å². The van der Waals surface area contributed by atoms with Crippen LogP contribution in [0.25, 0.3) is 0 Å². The van der Waals surface area contributed by atoms with Gasteiger partial charge in [0.1, 0.15) is 12.8 Å². The lowest BCUT2D eigenvalue weighted by Crippen LogP contribution is -1.95. The summed E-state index contributed by atoms with van der Waals surface area (Å²) in [5, 5.41) is 10.4. The zero-order chi connectivity index (χ0) is 7.56. The molecule has 0 aliphatic heterocycles. The Bertz CT molecular complexity index is 246. The van der Waals surface area contributed by atoms with Gasteiger partial charge in [0.15, 0.2) is 5.76 Å². The van der Waals surface area contributed by atoms with Crippen molar-refractivity contribution < 1.29 is 9.16 Å². The first-order chi connectivity index (χ1) is 4.68. The Labute approximate surface area is 59.2 Å². The van der Waals surface area contributed by atoms with E-state index in [1.165, 1.54) is 13.3 Å². The normalized spacial score (nSPS) is 12.0. The van der Waals surface area contributed by atoms with E-state index in [-0.39, 0.29) is 0 Å². The molecule has 0 aliphatic carbocycles. The molecule has 1 heterocycles. The van der Waals surface area contributed by atoms with Gasteiger partial charge in [-0.05, 0) is 19.1 Å². The molecule has 0 radical (unpaired) electrons. The van der Waals surface area contributed by atoms with E-state index in [0.717, 1.165) is 5.76 Å². The predicted molar refractivity (Wildman–Crippen MR) is 38.2 cm³/mol. The number of hydrogen-bond donors (Lipinski definition) is 0. The fraction of sp³-hybridized carbons (Fsp3) is 0.286. The van der Waals surface area contributed by atoms with Crippen LogP contribution in [0.4, 0.5) is 0 Å². The number of nitrogens with zero attached hydrogens (tertiary/aromatic N) is 1. The predicted octanol–water partition coefficient (Wildman–Crippen LogP) is 1.15. The summed E-state index contributed by atoms with van der Waals surface area (Å²) in [6, 6.07) is 3.57. The monoisotopic (exact) mass is 139 g/mol. The van der Waals surface area contributed by atoms with Crippen molar-refractivity contribution in [3.8, 4) is 0 Å². The molecule has 0 spiro atoms. The van der Waals surface area contributed by atoms with Gasteiger partial charge < -0.3 is 9.62 Å². The van der Waals surface area contributed by atoms with Crippen molar-refractivity contribution in [3.63, 3.8) is 0 Å². The summed E-state index contributed by atoms with van der Waals surface area (Å²) in [6.07, 6.45) is 1.38. The van der Waals surface area contributed by atoms with Crippen molar-refractivity contribution in [2.45, 2.75) is 6.92 Å². The second-order valence-corrected chi connectivity index (χ2v) is 2.12. The van der Waals surface area contributed by atoms with E-state index >= 15 is 0 Å². The standard InChI is InChI=1S/C7H9NO2/c1-6-3-4-7(10-6)5-8(2)9/h3-5H,1-2H3/b8-5-. The third kappa shape index (κ3) is 1.62. The zero-order valence-electron chi connectivity index (χ0n) is 6.00. The van der Waals surface area contributed by atoms with E-state index in [0.29, 0.717) is 10.5 Å². The zero-order valence-corrected chi connectivity index (χ0v) is 6.00. The fourth-order valence-corrected chi connectivity index (χ4v) is 0.702. The maximum Gasteiger partial charge on any atom is 0.217 e. The lowest BCUT2D eigenvalue weighted by atomic mass is 10.4. The molecule has 0 bridgehead atoms. The van der Waals surface area contributed by atoms with Crippen LogP contribution in [0, 0.1) is 12.1 Å². The van der Waals surface area contributed by atoms with Gasteiger partial charge in [-0.3, -0.25) is 0 Å². The third-order valence-corrected chi connectivity index (χ3v) is 1.07. The average molecular weight is 139 g/mol. The van der Waals surface area contributed by atoms with Crippen molar-refractivity contribution in [1.29, 1.82) is 0 Å². The molecule has 3 nitrogen and oxygen atoms in total. The second kappa shape index (κ2) is 2.56. The van der Waals surface area contributed by atoms with Crippen LogP contribution < -0.4 is 0 Å². The maximum absolute atomic E-state index is 10.4. The smallest absolute Gasteiger partial charge is 0.217 e. The van der Waals surface area contributed by atoms with E-state index in [9.17, 15) is 5.21 Å². The van der Waals surface area contributed by atoms with Crippen LogP contribution in [0.15, 0.2) is 16.5 Å². The number of rotatable bonds is 1. The highest BCUT2D eigenvalue weighted by Crippen LogP contribution is 2.02. The van der Waals surface area contributed by atoms with Gasteiger partial charge in [0.25, 0.3) is 0 Å². The molecule has 0 aromatic carbocycles. The largest absolute Gasteiger partial charge is 0.624 e. The molecule has 0 N–H and O–H groups in total. The van der Waals surface area contributed by atoms with Crippen LogP contribution in [0.5, 0.6) is 0 Å². The summed E-state index contributed by atoms with van der Waals surface area (Å²) >= 11 is 0. The quantitative estimate of drug-likeness (QED) is 0.253. The molecule has 0 amide bonds. The van der Waals surface area contributed by atoms with Gasteiger partial charge >= 0.3 is 0 Å². The average Bonchev–Trinajstić information content (AvgIpc) is 2.13. The minimum absolute atomic E-state index is 0.593. The topological polar surface area (TPSA) is 39.2 Å². The van der Waals surface area contributed by atoms with Gasteiger partial charge in [-0.2, -0.15) is 0 Å². The summed E-state index contributed by atoms with van der Waals surface area (Å²) in [7, 11) is 1.41. The van der Waals surface area contributed by atoms with Gasteiger partial charge in [-0.25, -0.2) is 4.74 Å². The van der Waals surface area contributed by atoms with Gasteiger partial charge in [-0.15, -0.1) is 0 Å². The first kappa shape index (κ1) is 6.86. The maximum atomic E-state index is 10.4. The Hall–Kier alpha value is -1.25. The molecule has 0 atom stereocenters. The first-order valence-electron chi connectivity index (χ1n) is 3.00. The van der Waals surface area contributed by atoms with E-state index < -0.39 is 0 Å². The SMILES string of the molecule is Cc1ccc(/C=[N+](/C)[O-])o1. The second-order valence-electron chi connectivity index (χ2n) is 2.12. The van der Waals surface area contributed by atoms with E-state index in [4.69, 9.17) is 4.42 Å². The van der Waals surface area contributed by atoms with Crippen LogP contribution in [-0.4, -0.2) is 18.0 Å². The molecular formula is C7H9NO2. The molecule has 0 saturated carbocycles. The van der Waals surface area contributed by atoms with Crippen molar-refractivity contribution in [2.75, 3.05) is 7.05 Å². The molecule has 0 fully saturated rings. The van der Waals surface area contributed by atoms with Crippen LogP contribution >= 0.6 is 0 Å². The van der Waals surface area contributed by atoms with Crippen molar-refractivity contribution in [1.82, 2.24) is 0 Å². The molecule has 1 rings (SSSR count). The van der Waals surface area contributed by atoms with Crippen molar-refractivity contribution in [3.05, 3.63) is 28.9 Å². The third-order valence-electron chi connectivity index (χ3n) is 1.07. The number of hydrogen-bond acceptors (Lipinski definition) is 2. The minimum Gasteiger partial charge on any atom is -0.624 e. The molecule has 3 heteroatoms. The molecular weight excluding hydrogens is 130 g/mol. The fourth-order valence-electron chi connectivity index (χ4n) is 0.702. The highest BCUT2D eigenvalue weighted by atomic mass is 16.5. The Morgan fingerprint density at radius 2 is 2.30 bits per heavy atom. The molecule has 1 aromatic rings. The molecule has 54 valence electrons. The van der Waals surface area contributed by atoms with Gasteiger partial charge in [0.2, 0.25) is 6.21 Å². The lowest BCUT2D eigenvalue weighted by Gasteiger charge is -1.90. The number of furan rings is 1. The highest BCUT2D eigenvalue weighted by molar-refractivity contribution is 5.71. The lowest BCUT2D eigenvalue weighted by molar-refractivity contribution is -0.417. The van der Waals surface area contributed by atoms with Crippen molar-refractivity contribution in [2.24, 2.45) is 0 Å². The Kier molecular flexibility index (Phi) is 1.76. The van der Waals surface area contributed by atoms with Crippen LogP contribution in [0.3, 0.4) is 0 Å². The molecule has 1 aromatic heterocycles. The summed E-state index contributed by atoms with van der Waals surface area (Å²) in [4.78, 5) is 0. The van der Waals surface area contributed by atoms with Gasteiger partial charge in [0.05, 0.1) is 0 Å². The number of hydroxylamine groups is 1. The molecule has 0 saturated heterocycles. The summed E-state index contributed by atoms with van der Waals surface area (Å²) in [5.41, 5.74) is 0. The molecule has 10 heavy (non-hydrogen) atoms. The molecule has 0 unspecified atom stereocenters. The van der Waals surface area contributed by atoms with E-state index in [1.807, 2.05) is 13.0 Å². The van der Waals surface area contributed by atoms with Gasteiger partial charge in [0, 0.05) is 0 Å².